The fourth-order valence-electron chi connectivity index (χ4n) is 1.99. The van der Waals surface area contributed by atoms with Crippen LogP contribution in [0.2, 0.25) is 0 Å². The van der Waals surface area contributed by atoms with Crippen molar-refractivity contribution in [1.29, 1.82) is 0 Å². The molecule has 0 bridgehead atoms. The summed E-state index contributed by atoms with van der Waals surface area (Å²) in [5.74, 6) is 0. The minimum atomic E-state index is -0.00257. The maximum absolute atomic E-state index is 11.7. The highest BCUT2D eigenvalue weighted by atomic mass is 16.1. The van der Waals surface area contributed by atoms with Gasteiger partial charge >= 0.3 is 5.69 Å². The largest absolute Gasteiger partial charge is 0.328 e. The van der Waals surface area contributed by atoms with Crippen LogP contribution in [-0.2, 0) is 14.1 Å². The molecule has 1 aromatic carbocycles. The molecule has 1 atom stereocenters. The summed E-state index contributed by atoms with van der Waals surface area (Å²) in [6.45, 7) is 2.05. The average molecular weight is 219 g/mol. The standard InChI is InChI=1S/C12H17N3O/c1-4-9(13)8-5-6-10-11(7-8)15(3)12(16)14(10)2/h5-7,9H,4,13H2,1-3H3/t9-/m1/s1. The zero-order chi connectivity index (χ0) is 11.9. The molecule has 16 heavy (non-hydrogen) atoms. The topological polar surface area (TPSA) is 52.9 Å². The Morgan fingerprint density at radius 3 is 2.50 bits per heavy atom. The van der Waals surface area contributed by atoms with E-state index in [0.717, 1.165) is 23.0 Å². The molecule has 2 aromatic rings. The molecule has 0 aliphatic heterocycles. The zero-order valence-corrected chi connectivity index (χ0v) is 9.90. The summed E-state index contributed by atoms with van der Waals surface area (Å²) in [4.78, 5) is 11.7. The van der Waals surface area contributed by atoms with Gasteiger partial charge in [0.25, 0.3) is 0 Å². The lowest BCUT2D eigenvalue weighted by molar-refractivity contribution is 0.699. The van der Waals surface area contributed by atoms with Gasteiger partial charge in [-0.1, -0.05) is 13.0 Å². The number of benzene rings is 1. The molecule has 0 aliphatic rings. The van der Waals surface area contributed by atoms with Gasteiger partial charge < -0.3 is 5.73 Å². The van der Waals surface area contributed by atoms with Gasteiger partial charge in [-0.05, 0) is 24.1 Å². The van der Waals surface area contributed by atoms with Gasteiger partial charge in [-0.2, -0.15) is 0 Å². The van der Waals surface area contributed by atoms with E-state index in [2.05, 4.69) is 6.92 Å². The van der Waals surface area contributed by atoms with E-state index in [-0.39, 0.29) is 11.7 Å². The molecule has 0 amide bonds. The van der Waals surface area contributed by atoms with Crippen LogP contribution in [0.25, 0.3) is 11.0 Å². The van der Waals surface area contributed by atoms with Crippen LogP contribution >= 0.6 is 0 Å². The molecule has 4 nitrogen and oxygen atoms in total. The van der Waals surface area contributed by atoms with Crippen LogP contribution in [0.4, 0.5) is 0 Å². The number of hydrogen-bond donors (Lipinski definition) is 1. The smallest absolute Gasteiger partial charge is 0.324 e. The molecule has 1 aromatic heterocycles. The predicted molar refractivity (Wildman–Crippen MR) is 65.4 cm³/mol. The van der Waals surface area contributed by atoms with Crippen molar-refractivity contribution >= 4 is 11.0 Å². The predicted octanol–water partition coefficient (Wildman–Crippen LogP) is 1.29. The third-order valence-electron chi connectivity index (χ3n) is 3.16. The van der Waals surface area contributed by atoms with E-state index in [0.29, 0.717) is 0 Å². The zero-order valence-electron chi connectivity index (χ0n) is 9.90. The Morgan fingerprint density at radius 2 is 1.88 bits per heavy atom. The summed E-state index contributed by atoms with van der Waals surface area (Å²) in [5, 5.41) is 0. The van der Waals surface area contributed by atoms with Crippen LogP contribution in [-0.4, -0.2) is 9.13 Å². The van der Waals surface area contributed by atoms with E-state index >= 15 is 0 Å². The summed E-state index contributed by atoms with van der Waals surface area (Å²) in [6, 6.07) is 6.00. The van der Waals surface area contributed by atoms with Crippen LogP contribution in [0.1, 0.15) is 24.9 Å². The number of nitrogens with two attached hydrogens (primary N) is 1. The molecule has 1 heterocycles. The van der Waals surface area contributed by atoms with Crippen LogP contribution in [0.15, 0.2) is 23.0 Å². The Hall–Kier alpha value is -1.55. The van der Waals surface area contributed by atoms with Crippen molar-refractivity contribution in [2.75, 3.05) is 0 Å². The summed E-state index contributed by atoms with van der Waals surface area (Å²) in [6.07, 6.45) is 0.895. The number of fused-ring (bicyclic) bond motifs is 1. The first kappa shape index (κ1) is 11.0. The number of rotatable bonds is 2. The highest BCUT2D eigenvalue weighted by Gasteiger charge is 2.10. The van der Waals surface area contributed by atoms with E-state index in [1.807, 2.05) is 18.2 Å². The van der Waals surface area contributed by atoms with Crippen molar-refractivity contribution in [3.8, 4) is 0 Å². The molecule has 4 heteroatoms. The van der Waals surface area contributed by atoms with E-state index < -0.39 is 0 Å². The Kier molecular flexibility index (Phi) is 2.59. The first-order valence-electron chi connectivity index (χ1n) is 5.47. The van der Waals surface area contributed by atoms with Crippen molar-refractivity contribution < 1.29 is 0 Å². The summed E-state index contributed by atoms with van der Waals surface area (Å²) < 4.78 is 3.30. The minimum Gasteiger partial charge on any atom is -0.324 e. The Bertz CT molecular complexity index is 580. The molecule has 0 spiro atoms. The van der Waals surface area contributed by atoms with Crippen molar-refractivity contribution in [2.24, 2.45) is 19.8 Å². The molecule has 0 saturated heterocycles. The first-order valence-corrected chi connectivity index (χ1v) is 5.47. The molecular formula is C12H17N3O. The van der Waals surface area contributed by atoms with Gasteiger partial charge in [-0.3, -0.25) is 9.13 Å². The van der Waals surface area contributed by atoms with Crippen LogP contribution in [0, 0.1) is 0 Å². The van der Waals surface area contributed by atoms with Crippen molar-refractivity contribution in [3.63, 3.8) is 0 Å². The van der Waals surface area contributed by atoms with Gasteiger partial charge in [0, 0.05) is 20.1 Å². The molecule has 0 aliphatic carbocycles. The third-order valence-corrected chi connectivity index (χ3v) is 3.16. The number of imidazole rings is 1. The Morgan fingerprint density at radius 1 is 1.25 bits per heavy atom. The van der Waals surface area contributed by atoms with Gasteiger partial charge in [0.1, 0.15) is 0 Å². The number of nitrogens with zero attached hydrogens (tertiary/aromatic N) is 2. The number of aromatic nitrogens is 2. The normalized spacial score (nSPS) is 13.2. The second-order valence-electron chi connectivity index (χ2n) is 4.16. The lowest BCUT2D eigenvalue weighted by Crippen LogP contribution is -2.19. The van der Waals surface area contributed by atoms with E-state index in [1.165, 1.54) is 0 Å². The van der Waals surface area contributed by atoms with Crippen LogP contribution < -0.4 is 11.4 Å². The molecule has 0 fully saturated rings. The molecule has 0 unspecified atom stereocenters. The third kappa shape index (κ3) is 1.46. The number of hydrogen-bond acceptors (Lipinski definition) is 2. The summed E-state index contributed by atoms with van der Waals surface area (Å²) >= 11 is 0. The Balaban J connectivity index is 2.71. The Labute approximate surface area is 94.3 Å². The average Bonchev–Trinajstić information content (AvgIpc) is 2.53. The van der Waals surface area contributed by atoms with Gasteiger partial charge in [-0.25, -0.2) is 4.79 Å². The second-order valence-corrected chi connectivity index (χ2v) is 4.16. The molecule has 2 N–H and O–H groups in total. The van der Waals surface area contributed by atoms with Crippen molar-refractivity contribution in [2.45, 2.75) is 19.4 Å². The van der Waals surface area contributed by atoms with Crippen LogP contribution in [0.5, 0.6) is 0 Å². The fourth-order valence-corrected chi connectivity index (χ4v) is 1.99. The second kappa shape index (κ2) is 3.79. The van der Waals surface area contributed by atoms with Crippen LogP contribution in [0.3, 0.4) is 0 Å². The molecule has 0 saturated carbocycles. The maximum Gasteiger partial charge on any atom is 0.328 e. The van der Waals surface area contributed by atoms with Crippen molar-refractivity contribution in [1.82, 2.24) is 9.13 Å². The maximum atomic E-state index is 11.7. The molecule has 0 radical (unpaired) electrons. The highest BCUT2D eigenvalue weighted by molar-refractivity contribution is 5.77. The molecule has 86 valence electrons. The van der Waals surface area contributed by atoms with Gasteiger partial charge in [0.2, 0.25) is 0 Å². The van der Waals surface area contributed by atoms with E-state index in [9.17, 15) is 4.79 Å². The van der Waals surface area contributed by atoms with E-state index in [1.54, 1.807) is 23.2 Å². The molecular weight excluding hydrogens is 202 g/mol. The quantitative estimate of drug-likeness (QED) is 0.827. The van der Waals surface area contributed by atoms with Gasteiger partial charge in [0.15, 0.2) is 0 Å². The number of aryl methyl sites for hydroxylation is 2. The first-order chi connectivity index (χ1) is 7.56. The summed E-state index contributed by atoms with van der Waals surface area (Å²) in [7, 11) is 3.57. The van der Waals surface area contributed by atoms with Gasteiger partial charge in [-0.15, -0.1) is 0 Å². The molecule has 2 rings (SSSR count). The fraction of sp³-hybridized carbons (Fsp3) is 0.417. The van der Waals surface area contributed by atoms with Crippen molar-refractivity contribution in [3.05, 3.63) is 34.2 Å². The van der Waals surface area contributed by atoms with E-state index in [4.69, 9.17) is 5.73 Å². The van der Waals surface area contributed by atoms with Gasteiger partial charge in [0.05, 0.1) is 11.0 Å². The lowest BCUT2D eigenvalue weighted by atomic mass is 10.1. The highest BCUT2D eigenvalue weighted by Crippen LogP contribution is 2.19. The minimum absolute atomic E-state index is 0.00257. The monoisotopic (exact) mass is 219 g/mol. The lowest BCUT2D eigenvalue weighted by Gasteiger charge is -2.09. The summed E-state index contributed by atoms with van der Waals surface area (Å²) in [5.41, 5.74) is 8.95. The SMILES string of the molecule is CC[C@@H](N)c1ccc2c(c1)n(C)c(=O)n2C.